The van der Waals surface area contributed by atoms with Crippen LogP contribution in [0.15, 0.2) is 140 Å². The molecule has 5 aromatic rings. The molecule has 1 aliphatic rings. The lowest BCUT2D eigenvalue weighted by Crippen LogP contribution is -2.58. The second kappa shape index (κ2) is 18.4. The lowest BCUT2D eigenvalue weighted by atomic mass is 9.89. The smallest absolute Gasteiger partial charge is 0.308 e. The van der Waals surface area contributed by atoms with Crippen molar-refractivity contribution in [2.75, 3.05) is 13.7 Å². The normalized spacial score (nSPS) is 20.1. The third-order valence-corrected chi connectivity index (χ3v) is 8.66. The van der Waals surface area contributed by atoms with Crippen LogP contribution >= 0.6 is 0 Å². The number of rotatable bonds is 16. The Morgan fingerprint density at radius 3 is 1.55 bits per heavy atom. The first-order valence-electron chi connectivity index (χ1n) is 17.2. The van der Waals surface area contributed by atoms with Crippen LogP contribution in [0.1, 0.15) is 40.8 Å². The second-order valence-electron chi connectivity index (χ2n) is 12.4. The summed E-state index contributed by atoms with van der Waals surface area (Å²) in [5.41, 5.74) is 4.63. The molecule has 8 nitrogen and oxygen atoms in total. The number of ether oxygens (including phenoxy) is 7. The molecule has 0 spiro atoms. The summed E-state index contributed by atoms with van der Waals surface area (Å²) in [4.78, 5) is 12.3. The monoisotopic (exact) mass is 688 g/mol. The van der Waals surface area contributed by atoms with E-state index in [9.17, 15) is 4.79 Å². The molecule has 0 unspecified atom stereocenters. The van der Waals surface area contributed by atoms with Crippen LogP contribution in [0.3, 0.4) is 0 Å². The fourth-order valence-electron chi connectivity index (χ4n) is 6.16. The van der Waals surface area contributed by atoms with Crippen molar-refractivity contribution in [3.05, 3.63) is 167 Å². The van der Waals surface area contributed by atoms with E-state index < -0.39 is 36.5 Å². The Labute approximate surface area is 299 Å². The minimum absolute atomic E-state index is 0.203. The van der Waals surface area contributed by atoms with Crippen molar-refractivity contribution in [1.29, 1.82) is 0 Å². The van der Waals surface area contributed by atoms with Gasteiger partial charge in [0.2, 0.25) is 0 Å². The summed E-state index contributed by atoms with van der Waals surface area (Å²) in [5, 5.41) is 0. The quantitative estimate of drug-likeness (QED) is 0.0762. The molecule has 8 heteroatoms. The summed E-state index contributed by atoms with van der Waals surface area (Å²) < 4.78 is 45.2. The van der Waals surface area contributed by atoms with E-state index in [0.29, 0.717) is 36.9 Å². The highest BCUT2D eigenvalue weighted by atomic mass is 16.6. The standard InChI is InChI=1S/C43H44O8/c1-31(44)50-38-24-23-36(45-2)25-37(38)40-42(48-28-34-19-11-5-12-20-34)43(49-29-35-21-13-6-14-22-35)41(47-27-33-17-9-4-10-18-33)39(51-40)30-46-26-32-15-7-3-8-16-32/h3-25,39-43H,26-30H2,1-2H3/t39-,40-,41-,42+,43+/m1/s1. The average molecular weight is 689 g/mol. The van der Waals surface area contributed by atoms with Gasteiger partial charge in [-0.15, -0.1) is 0 Å². The van der Waals surface area contributed by atoms with Gasteiger partial charge in [0.05, 0.1) is 40.1 Å². The van der Waals surface area contributed by atoms with Crippen molar-refractivity contribution in [3.8, 4) is 11.5 Å². The predicted octanol–water partition coefficient (Wildman–Crippen LogP) is 8.03. The molecule has 5 aromatic carbocycles. The SMILES string of the molecule is COc1ccc(OC(C)=O)c([C@H]2O[C@H](COCc3ccccc3)[C@@H](OCc3ccccc3)[C@H](OCc3ccccc3)[C@H]2OCc2ccccc2)c1. The number of esters is 1. The second-order valence-corrected chi connectivity index (χ2v) is 12.4. The van der Waals surface area contributed by atoms with Gasteiger partial charge in [-0.1, -0.05) is 121 Å². The van der Waals surface area contributed by atoms with E-state index in [2.05, 4.69) is 0 Å². The zero-order valence-corrected chi connectivity index (χ0v) is 29.0. The molecule has 0 aliphatic carbocycles. The molecule has 0 N–H and O–H groups in total. The number of hydrogen-bond donors (Lipinski definition) is 0. The third-order valence-electron chi connectivity index (χ3n) is 8.66. The Morgan fingerprint density at radius 1 is 0.588 bits per heavy atom. The van der Waals surface area contributed by atoms with E-state index in [4.69, 9.17) is 33.2 Å². The molecule has 51 heavy (non-hydrogen) atoms. The highest BCUT2D eigenvalue weighted by molar-refractivity contribution is 5.70. The van der Waals surface area contributed by atoms with Crippen LogP contribution in [-0.4, -0.2) is 44.1 Å². The Hall–Kier alpha value is -4.83. The van der Waals surface area contributed by atoms with Crippen molar-refractivity contribution < 1.29 is 38.0 Å². The molecule has 1 heterocycles. The molecule has 0 aromatic heterocycles. The summed E-state index contributed by atoms with van der Waals surface area (Å²) in [6.07, 6.45) is -3.32. The fourth-order valence-corrected chi connectivity index (χ4v) is 6.16. The van der Waals surface area contributed by atoms with Gasteiger partial charge in [0.15, 0.2) is 0 Å². The predicted molar refractivity (Wildman–Crippen MR) is 193 cm³/mol. The fraction of sp³-hybridized carbons (Fsp3) is 0.279. The number of methoxy groups -OCH3 is 1. The zero-order valence-electron chi connectivity index (χ0n) is 29.0. The lowest BCUT2D eigenvalue weighted by Gasteiger charge is -2.46. The van der Waals surface area contributed by atoms with Crippen molar-refractivity contribution in [2.24, 2.45) is 0 Å². The Bertz CT molecular complexity index is 1770. The lowest BCUT2D eigenvalue weighted by molar-refractivity contribution is -0.275. The molecule has 0 saturated carbocycles. The number of carbonyl (C=O) groups is 1. The van der Waals surface area contributed by atoms with Gasteiger partial charge in [0, 0.05) is 12.5 Å². The van der Waals surface area contributed by atoms with Crippen LogP contribution < -0.4 is 9.47 Å². The summed E-state index contributed by atoms with van der Waals surface area (Å²) in [7, 11) is 1.59. The van der Waals surface area contributed by atoms with Crippen molar-refractivity contribution in [3.63, 3.8) is 0 Å². The van der Waals surface area contributed by atoms with Crippen LogP contribution in [0.5, 0.6) is 11.5 Å². The largest absolute Gasteiger partial charge is 0.497 e. The van der Waals surface area contributed by atoms with E-state index >= 15 is 0 Å². The maximum Gasteiger partial charge on any atom is 0.308 e. The Morgan fingerprint density at radius 2 is 1.06 bits per heavy atom. The summed E-state index contributed by atoms with van der Waals surface area (Å²) in [6, 6.07) is 45.2. The van der Waals surface area contributed by atoms with Crippen LogP contribution in [0, 0.1) is 0 Å². The topological polar surface area (TPSA) is 81.7 Å². The van der Waals surface area contributed by atoms with Crippen molar-refractivity contribution in [1.82, 2.24) is 0 Å². The molecule has 0 bridgehead atoms. The highest BCUT2D eigenvalue weighted by Crippen LogP contribution is 2.43. The molecule has 1 saturated heterocycles. The minimum atomic E-state index is -0.763. The minimum Gasteiger partial charge on any atom is -0.497 e. The van der Waals surface area contributed by atoms with Crippen LogP contribution in [0.2, 0.25) is 0 Å². The van der Waals surface area contributed by atoms with Gasteiger partial charge in [-0.3, -0.25) is 4.79 Å². The van der Waals surface area contributed by atoms with Gasteiger partial charge < -0.3 is 33.2 Å². The first-order chi connectivity index (χ1) is 25.1. The van der Waals surface area contributed by atoms with E-state index in [0.717, 1.165) is 22.3 Å². The van der Waals surface area contributed by atoms with E-state index in [1.54, 1.807) is 19.2 Å². The maximum atomic E-state index is 12.3. The molecular weight excluding hydrogens is 644 g/mol. The first kappa shape index (κ1) is 36.0. The molecule has 6 rings (SSSR count). The van der Waals surface area contributed by atoms with Crippen LogP contribution in [-0.2, 0) is 54.9 Å². The Kier molecular flexibility index (Phi) is 13.0. The molecule has 0 radical (unpaired) electrons. The number of hydrogen-bond acceptors (Lipinski definition) is 8. The summed E-state index contributed by atoms with van der Waals surface area (Å²) in [5.74, 6) is 0.464. The highest BCUT2D eigenvalue weighted by Gasteiger charge is 2.50. The average Bonchev–Trinajstić information content (AvgIpc) is 3.17. The van der Waals surface area contributed by atoms with Gasteiger partial charge in [-0.2, -0.15) is 0 Å². The van der Waals surface area contributed by atoms with Gasteiger partial charge >= 0.3 is 5.97 Å². The van der Waals surface area contributed by atoms with Gasteiger partial charge in [-0.05, 0) is 40.5 Å². The van der Waals surface area contributed by atoms with E-state index in [1.165, 1.54) is 6.92 Å². The molecule has 1 fully saturated rings. The molecular formula is C43H44O8. The van der Waals surface area contributed by atoms with Crippen molar-refractivity contribution in [2.45, 2.75) is 63.9 Å². The van der Waals surface area contributed by atoms with E-state index in [1.807, 2.05) is 127 Å². The van der Waals surface area contributed by atoms with Gasteiger partial charge in [0.1, 0.15) is 42.0 Å². The molecule has 5 atom stereocenters. The third kappa shape index (κ3) is 10.1. The zero-order chi connectivity index (χ0) is 35.3. The van der Waals surface area contributed by atoms with Gasteiger partial charge in [0.25, 0.3) is 0 Å². The van der Waals surface area contributed by atoms with Crippen molar-refractivity contribution >= 4 is 5.97 Å². The summed E-state index contributed by atoms with van der Waals surface area (Å²) in [6.45, 7) is 2.87. The Balaban J connectivity index is 1.41. The number of benzene rings is 5. The van der Waals surface area contributed by atoms with Crippen LogP contribution in [0.25, 0.3) is 0 Å². The van der Waals surface area contributed by atoms with Gasteiger partial charge in [-0.25, -0.2) is 0 Å². The van der Waals surface area contributed by atoms with E-state index in [-0.39, 0.29) is 13.2 Å². The molecule has 264 valence electrons. The first-order valence-corrected chi connectivity index (χ1v) is 17.2. The summed E-state index contributed by atoms with van der Waals surface area (Å²) >= 11 is 0. The number of carbonyl (C=O) groups excluding carboxylic acids is 1. The molecule has 0 amide bonds. The molecule has 1 aliphatic heterocycles. The van der Waals surface area contributed by atoms with Crippen LogP contribution in [0.4, 0.5) is 0 Å². The maximum absolute atomic E-state index is 12.3.